The van der Waals surface area contributed by atoms with Gasteiger partial charge in [-0.25, -0.2) is 0 Å². The first-order valence-electron chi connectivity index (χ1n) is 5.01. The van der Waals surface area contributed by atoms with E-state index in [-0.39, 0.29) is 5.78 Å². The molecule has 1 atom stereocenters. The van der Waals surface area contributed by atoms with Crippen molar-refractivity contribution >= 4 is 5.78 Å². The first-order chi connectivity index (χ1) is 7.29. The topological polar surface area (TPSA) is 26.3 Å². The lowest BCUT2D eigenvalue weighted by Crippen LogP contribution is -2.14. The highest BCUT2D eigenvalue weighted by Gasteiger charge is 2.18. The molecule has 0 radical (unpaired) electrons. The smallest absolute Gasteiger partial charge is 0.166 e. The van der Waals surface area contributed by atoms with Gasteiger partial charge in [0.1, 0.15) is 6.10 Å². The molecule has 0 saturated heterocycles. The normalized spacial score (nSPS) is 12.1. The van der Waals surface area contributed by atoms with Crippen LogP contribution >= 0.6 is 0 Å². The van der Waals surface area contributed by atoms with Crippen LogP contribution in [0.1, 0.15) is 24.5 Å². The third-order valence-corrected chi connectivity index (χ3v) is 2.23. The lowest BCUT2D eigenvalue weighted by molar-refractivity contribution is -0.129. The standard InChI is InChI=1S/C13H16O2/c1-3-4-10-12(14)13(15-2)11-8-6-5-7-9-11/h3,5-9,13H,1,4,10H2,2H3. The molecule has 15 heavy (non-hydrogen) atoms. The van der Waals surface area contributed by atoms with Crippen LogP contribution in [0.5, 0.6) is 0 Å². The summed E-state index contributed by atoms with van der Waals surface area (Å²) < 4.78 is 5.21. The molecular formula is C13H16O2. The van der Waals surface area contributed by atoms with E-state index in [1.54, 1.807) is 13.2 Å². The van der Waals surface area contributed by atoms with Crippen molar-refractivity contribution in [2.24, 2.45) is 0 Å². The molecule has 0 aliphatic heterocycles. The van der Waals surface area contributed by atoms with Crippen molar-refractivity contribution in [3.05, 3.63) is 48.6 Å². The second-order valence-electron chi connectivity index (χ2n) is 3.32. The number of hydrogen-bond acceptors (Lipinski definition) is 2. The first kappa shape index (κ1) is 11.7. The molecule has 0 amide bonds. The highest BCUT2D eigenvalue weighted by molar-refractivity contribution is 5.84. The van der Waals surface area contributed by atoms with Crippen molar-refractivity contribution in [2.75, 3.05) is 7.11 Å². The predicted octanol–water partition coefficient (Wildman–Crippen LogP) is 2.91. The van der Waals surface area contributed by atoms with E-state index in [0.29, 0.717) is 12.8 Å². The molecule has 2 nitrogen and oxygen atoms in total. The molecule has 0 N–H and O–H groups in total. The third-order valence-electron chi connectivity index (χ3n) is 2.23. The van der Waals surface area contributed by atoms with Crippen molar-refractivity contribution in [2.45, 2.75) is 18.9 Å². The molecule has 0 heterocycles. The van der Waals surface area contributed by atoms with Gasteiger partial charge in [0.15, 0.2) is 5.78 Å². The molecule has 0 saturated carbocycles. The van der Waals surface area contributed by atoms with Gasteiger partial charge in [-0.05, 0) is 12.0 Å². The van der Waals surface area contributed by atoms with Crippen LogP contribution in [0, 0.1) is 0 Å². The summed E-state index contributed by atoms with van der Waals surface area (Å²) in [5.74, 6) is 0.101. The number of ketones is 1. The summed E-state index contributed by atoms with van der Waals surface area (Å²) >= 11 is 0. The van der Waals surface area contributed by atoms with Crippen LogP contribution in [-0.4, -0.2) is 12.9 Å². The van der Waals surface area contributed by atoms with Gasteiger partial charge >= 0.3 is 0 Å². The molecule has 0 aliphatic rings. The average Bonchev–Trinajstić information content (AvgIpc) is 2.29. The Kier molecular flexibility index (Phi) is 4.78. The monoisotopic (exact) mass is 204 g/mol. The van der Waals surface area contributed by atoms with Crippen molar-refractivity contribution in [3.8, 4) is 0 Å². The first-order valence-corrected chi connectivity index (χ1v) is 5.01. The second-order valence-corrected chi connectivity index (χ2v) is 3.32. The molecule has 2 heteroatoms. The van der Waals surface area contributed by atoms with Crippen molar-refractivity contribution in [1.82, 2.24) is 0 Å². The quantitative estimate of drug-likeness (QED) is 0.666. The maximum absolute atomic E-state index is 11.8. The summed E-state index contributed by atoms with van der Waals surface area (Å²) in [6.45, 7) is 3.60. The van der Waals surface area contributed by atoms with E-state index >= 15 is 0 Å². The maximum Gasteiger partial charge on any atom is 0.166 e. The fourth-order valence-electron chi connectivity index (χ4n) is 1.46. The minimum atomic E-state index is -0.439. The fourth-order valence-corrected chi connectivity index (χ4v) is 1.46. The van der Waals surface area contributed by atoms with Crippen molar-refractivity contribution in [1.29, 1.82) is 0 Å². The molecule has 0 aromatic heterocycles. The van der Waals surface area contributed by atoms with E-state index in [1.807, 2.05) is 30.3 Å². The van der Waals surface area contributed by atoms with Gasteiger partial charge in [-0.1, -0.05) is 36.4 Å². The Morgan fingerprint density at radius 1 is 1.47 bits per heavy atom. The van der Waals surface area contributed by atoms with Crippen molar-refractivity contribution in [3.63, 3.8) is 0 Å². The molecule has 1 aromatic carbocycles. The fraction of sp³-hybridized carbons (Fsp3) is 0.308. The van der Waals surface area contributed by atoms with Gasteiger partial charge in [-0.15, -0.1) is 6.58 Å². The summed E-state index contributed by atoms with van der Waals surface area (Å²) in [6.07, 6.45) is 2.49. The van der Waals surface area contributed by atoms with Gasteiger partial charge in [-0.2, -0.15) is 0 Å². The van der Waals surface area contributed by atoms with Crippen LogP contribution in [-0.2, 0) is 9.53 Å². The van der Waals surface area contributed by atoms with Crippen LogP contribution in [0.3, 0.4) is 0 Å². The molecule has 0 fully saturated rings. The largest absolute Gasteiger partial charge is 0.369 e. The highest BCUT2D eigenvalue weighted by atomic mass is 16.5. The van der Waals surface area contributed by atoms with Crippen LogP contribution in [0.25, 0.3) is 0 Å². The number of ether oxygens (including phenoxy) is 1. The Morgan fingerprint density at radius 2 is 2.13 bits per heavy atom. The number of carbonyl (C=O) groups is 1. The van der Waals surface area contributed by atoms with E-state index < -0.39 is 6.10 Å². The molecule has 80 valence electrons. The van der Waals surface area contributed by atoms with E-state index in [1.165, 1.54) is 0 Å². The molecule has 0 aliphatic carbocycles. The van der Waals surface area contributed by atoms with Crippen LogP contribution in [0.4, 0.5) is 0 Å². The minimum absolute atomic E-state index is 0.101. The van der Waals surface area contributed by atoms with Gasteiger partial charge in [-0.3, -0.25) is 4.79 Å². The number of methoxy groups -OCH3 is 1. The van der Waals surface area contributed by atoms with E-state index in [0.717, 1.165) is 5.56 Å². The Hall–Kier alpha value is -1.41. The minimum Gasteiger partial charge on any atom is -0.369 e. The van der Waals surface area contributed by atoms with Gasteiger partial charge < -0.3 is 4.74 Å². The number of hydrogen-bond donors (Lipinski definition) is 0. The Morgan fingerprint density at radius 3 is 2.67 bits per heavy atom. The SMILES string of the molecule is C=CCCC(=O)C(OC)c1ccccc1. The summed E-state index contributed by atoms with van der Waals surface area (Å²) in [7, 11) is 1.56. The van der Waals surface area contributed by atoms with Crippen LogP contribution in [0.15, 0.2) is 43.0 Å². The lowest BCUT2D eigenvalue weighted by atomic mass is 10.0. The zero-order valence-electron chi connectivity index (χ0n) is 8.98. The number of Topliss-reactive ketones (excluding diaryl/α,β-unsaturated/α-hetero) is 1. The maximum atomic E-state index is 11.8. The number of allylic oxidation sites excluding steroid dienone is 1. The molecule has 1 aromatic rings. The van der Waals surface area contributed by atoms with Crippen LogP contribution in [0.2, 0.25) is 0 Å². The Bertz CT molecular complexity index is 317. The van der Waals surface area contributed by atoms with E-state index in [2.05, 4.69) is 6.58 Å². The second kappa shape index (κ2) is 6.14. The molecule has 1 unspecified atom stereocenters. The third kappa shape index (κ3) is 3.33. The van der Waals surface area contributed by atoms with Crippen molar-refractivity contribution < 1.29 is 9.53 Å². The average molecular weight is 204 g/mol. The number of rotatable bonds is 6. The van der Waals surface area contributed by atoms with Gasteiger partial charge in [0.25, 0.3) is 0 Å². The summed E-state index contributed by atoms with van der Waals surface area (Å²) in [5.41, 5.74) is 0.911. The van der Waals surface area contributed by atoms with Gasteiger partial charge in [0, 0.05) is 13.5 Å². The predicted molar refractivity (Wildman–Crippen MR) is 60.6 cm³/mol. The van der Waals surface area contributed by atoms with Gasteiger partial charge in [0.05, 0.1) is 0 Å². The molecule has 0 bridgehead atoms. The summed E-state index contributed by atoms with van der Waals surface area (Å²) in [5, 5.41) is 0. The molecule has 0 spiro atoms. The van der Waals surface area contributed by atoms with Crippen LogP contribution < -0.4 is 0 Å². The van der Waals surface area contributed by atoms with E-state index in [9.17, 15) is 4.79 Å². The highest BCUT2D eigenvalue weighted by Crippen LogP contribution is 2.19. The molecule has 1 rings (SSSR count). The summed E-state index contributed by atoms with van der Waals surface area (Å²) in [4.78, 5) is 11.8. The lowest BCUT2D eigenvalue weighted by Gasteiger charge is -2.13. The Labute approximate surface area is 90.6 Å². The number of carbonyl (C=O) groups excluding carboxylic acids is 1. The molecular weight excluding hydrogens is 188 g/mol. The van der Waals surface area contributed by atoms with E-state index in [4.69, 9.17) is 4.74 Å². The Balaban J connectivity index is 2.71. The summed E-state index contributed by atoms with van der Waals surface area (Å²) in [6, 6.07) is 9.54. The zero-order valence-corrected chi connectivity index (χ0v) is 8.98. The zero-order chi connectivity index (χ0) is 11.1. The number of benzene rings is 1. The van der Waals surface area contributed by atoms with Gasteiger partial charge in [0.2, 0.25) is 0 Å².